The molecule has 2 aliphatic rings. The van der Waals surface area contributed by atoms with Crippen LogP contribution >= 0.6 is 0 Å². The lowest BCUT2D eigenvalue weighted by atomic mass is 10.0. The first kappa shape index (κ1) is 20.9. The summed E-state index contributed by atoms with van der Waals surface area (Å²) < 4.78 is 35.0. The Morgan fingerprint density at radius 2 is 1.93 bits per heavy atom. The number of carbonyl (C=O) groups is 1. The van der Waals surface area contributed by atoms with Crippen LogP contribution in [0.2, 0.25) is 0 Å². The number of fused-ring (bicyclic) bond motifs is 2. The fourth-order valence-corrected chi connectivity index (χ4v) is 6.08. The summed E-state index contributed by atoms with van der Waals surface area (Å²) in [6, 6.07) is 10.1. The van der Waals surface area contributed by atoms with E-state index in [4.69, 9.17) is 4.74 Å². The second-order valence-corrected chi connectivity index (χ2v) is 10.3. The minimum absolute atomic E-state index is 0.0616. The summed E-state index contributed by atoms with van der Waals surface area (Å²) in [5.41, 5.74) is 0.549. The first-order chi connectivity index (χ1) is 14.4. The second kappa shape index (κ2) is 8.43. The molecule has 0 spiro atoms. The number of amides is 1. The van der Waals surface area contributed by atoms with Crippen LogP contribution in [0, 0.1) is 5.92 Å². The van der Waals surface area contributed by atoms with Crippen molar-refractivity contribution in [2.45, 2.75) is 50.2 Å². The van der Waals surface area contributed by atoms with Gasteiger partial charge in [-0.15, -0.1) is 0 Å². The summed E-state index contributed by atoms with van der Waals surface area (Å²) in [6.45, 7) is 5.65. The van der Waals surface area contributed by atoms with E-state index in [1.54, 1.807) is 51.8 Å². The lowest BCUT2D eigenvalue weighted by molar-refractivity contribution is 0.0750. The van der Waals surface area contributed by atoms with E-state index in [-0.39, 0.29) is 22.9 Å². The van der Waals surface area contributed by atoms with E-state index >= 15 is 0 Å². The number of likely N-dealkylation sites (tertiary alicyclic amines) is 1. The number of H-pyrrole nitrogens is 1. The van der Waals surface area contributed by atoms with Crippen LogP contribution in [0.15, 0.2) is 47.5 Å². The molecule has 8 heteroatoms. The van der Waals surface area contributed by atoms with Crippen LogP contribution in [0.25, 0.3) is 0 Å². The van der Waals surface area contributed by atoms with E-state index in [2.05, 4.69) is 18.8 Å². The fraction of sp³-hybridized carbons (Fsp3) is 0.500. The third kappa shape index (κ3) is 3.98. The minimum Gasteiger partial charge on any atom is -0.487 e. The summed E-state index contributed by atoms with van der Waals surface area (Å²) in [6.07, 6.45) is 3.34. The van der Waals surface area contributed by atoms with Crippen molar-refractivity contribution in [3.05, 3.63) is 48.3 Å². The predicted molar refractivity (Wildman–Crippen MR) is 114 cm³/mol. The molecule has 2 aromatic rings. The molecule has 1 saturated heterocycles. The van der Waals surface area contributed by atoms with E-state index in [0.29, 0.717) is 49.8 Å². The number of aromatic amines is 1. The van der Waals surface area contributed by atoms with Crippen LogP contribution in [0.4, 0.5) is 0 Å². The number of nitrogens with zero attached hydrogens (tertiary/aromatic N) is 2. The zero-order chi connectivity index (χ0) is 21.3. The predicted octanol–water partition coefficient (Wildman–Crippen LogP) is 3.12. The molecule has 1 amide bonds. The molecule has 1 fully saturated rings. The molecule has 162 valence electrons. The third-order valence-electron chi connectivity index (χ3n) is 5.93. The van der Waals surface area contributed by atoms with Gasteiger partial charge in [0.05, 0.1) is 6.04 Å². The van der Waals surface area contributed by atoms with Gasteiger partial charge in [-0.2, -0.15) is 4.31 Å². The van der Waals surface area contributed by atoms with Gasteiger partial charge < -0.3 is 14.6 Å². The van der Waals surface area contributed by atoms with Crippen molar-refractivity contribution in [2.24, 2.45) is 5.92 Å². The number of sulfonamides is 1. The molecule has 2 atom stereocenters. The van der Waals surface area contributed by atoms with Crippen molar-refractivity contribution in [3.8, 4) is 5.75 Å². The van der Waals surface area contributed by atoms with E-state index in [0.717, 1.165) is 6.42 Å². The van der Waals surface area contributed by atoms with Crippen molar-refractivity contribution in [1.29, 1.82) is 0 Å². The topological polar surface area (TPSA) is 82.7 Å². The average molecular weight is 432 g/mol. The van der Waals surface area contributed by atoms with Gasteiger partial charge in [-0.05, 0) is 43.0 Å². The van der Waals surface area contributed by atoms with Gasteiger partial charge in [0.15, 0.2) is 0 Å². The molecule has 3 heterocycles. The molecule has 0 bridgehead atoms. The highest BCUT2D eigenvalue weighted by Gasteiger charge is 2.43. The first-order valence-electron chi connectivity index (χ1n) is 10.6. The largest absolute Gasteiger partial charge is 0.487 e. The highest BCUT2D eigenvalue weighted by atomic mass is 32.2. The second-order valence-electron chi connectivity index (χ2n) is 8.42. The van der Waals surface area contributed by atoms with Gasteiger partial charge >= 0.3 is 0 Å². The Balaban J connectivity index is 1.66. The van der Waals surface area contributed by atoms with Crippen LogP contribution in [0.1, 0.15) is 43.6 Å². The molecule has 7 nitrogen and oxygen atoms in total. The van der Waals surface area contributed by atoms with E-state index in [1.807, 2.05) is 0 Å². The summed E-state index contributed by atoms with van der Waals surface area (Å²) >= 11 is 0. The van der Waals surface area contributed by atoms with Crippen molar-refractivity contribution < 1.29 is 17.9 Å². The van der Waals surface area contributed by atoms with Crippen molar-refractivity contribution in [2.75, 3.05) is 19.6 Å². The van der Waals surface area contributed by atoms with E-state index in [9.17, 15) is 13.2 Å². The van der Waals surface area contributed by atoms with Crippen LogP contribution in [0.5, 0.6) is 5.75 Å². The van der Waals surface area contributed by atoms with Crippen LogP contribution in [-0.2, 0) is 10.0 Å². The van der Waals surface area contributed by atoms with Crippen molar-refractivity contribution >= 4 is 15.9 Å². The van der Waals surface area contributed by atoms with Gasteiger partial charge in [0.1, 0.15) is 22.4 Å². The third-order valence-corrected chi connectivity index (χ3v) is 7.90. The molecule has 0 saturated carbocycles. The average Bonchev–Trinajstić information content (AvgIpc) is 3.15. The van der Waals surface area contributed by atoms with Crippen LogP contribution in [-0.4, -0.2) is 60.3 Å². The Kier molecular flexibility index (Phi) is 5.88. The molecule has 0 unspecified atom stereocenters. The Labute approximate surface area is 178 Å². The van der Waals surface area contributed by atoms with Gasteiger partial charge in [-0.1, -0.05) is 26.0 Å². The number of benzene rings is 1. The molecule has 0 aliphatic carbocycles. The zero-order valence-electron chi connectivity index (χ0n) is 17.5. The van der Waals surface area contributed by atoms with Gasteiger partial charge in [0.2, 0.25) is 10.0 Å². The lowest BCUT2D eigenvalue weighted by Crippen LogP contribution is -2.47. The molecule has 1 N–H and O–H groups in total. The maximum absolute atomic E-state index is 13.6. The number of hydrogen-bond acceptors (Lipinski definition) is 4. The SMILES string of the molecule is CC(C)CCN1[C@@H]2CCN(C(=O)c3ccc[nH]3)CC[C@H]2Oc2ccccc2S1(=O)=O. The highest BCUT2D eigenvalue weighted by Crippen LogP contribution is 2.36. The molecular weight excluding hydrogens is 402 g/mol. The number of aromatic nitrogens is 1. The normalized spacial score (nSPS) is 23.8. The van der Waals surface area contributed by atoms with Crippen molar-refractivity contribution in [1.82, 2.24) is 14.2 Å². The molecule has 0 radical (unpaired) electrons. The van der Waals surface area contributed by atoms with Crippen LogP contribution in [0.3, 0.4) is 0 Å². The van der Waals surface area contributed by atoms with Crippen LogP contribution < -0.4 is 4.74 Å². The number of ether oxygens (including phenoxy) is 1. The molecule has 2 aliphatic heterocycles. The Morgan fingerprint density at radius 1 is 1.17 bits per heavy atom. The Hall–Kier alpha value is -2.32. The number of para-hydroxylation sites is 1. The summed E-state index contributed by atoms with van der Waals surface area (Å²) in [7, 11) is -3.68. The monoisotopic (exact) mass is 431 g/mol. The Bertz CT molecular complexity index is 988. The molecule has 4 rings (SSSR count). The number of carbonyl (C=O) groups excluding carboxylic acids is 1. The zero-order valence-corrected chi connectivity index (χ0v) is 18.3. The molecule has 1 aromatic carbocycles. The quantitative estimate of drug-likeness (QED) is 0.806. The van der Waals surface area contributed by atoms with E-state index < -0.39 is 10.0 Å². The Morgan fingerprint density at radius 3 is 2.67 bits per heavy atom. The van der Waals surface area contributed by atoms with Crippen molar-refractivity contribution in [3.63, 3.8) is 0 Å². The summed E-state index contributed by atoms with van der Waals surface area (Å²) in [4.78, 5) is 17.8. The standard InChI is InChI=1S/C22H29N3O4S/c1-16(2)9-15-25-18-10-13-24(22(26)17-6-5-12-23-17)14-11-19(18)29-20-7-3-4-8-21(20)30(25,27)28/h3-8,12,16,18-19,23H,9-11,13-15H2,1-2H3/t18-,19-/m1/s1. The minimum atomic E-state index is -3.68. The smallest absolute Gasteiger partial charge is 0.270 e. The maximum Gasteiger partial charge on any atom is 0.270 e. The highest BCUT2D eigenvalue weighted by molar-refractivity contribution is 7.89. The number of nitrogens with one attached hydrogen (secondary N) is 1. The summed E-state index contributed by atoms with van der Waals surface area (Å²) in [5, 5.41) is 0. The first-order valence-corrected chi connectivity index (χ1v) is 12.0. The van der Waals surface area contributed by atoms with Gasteiger partial charge in [-0.3, -0.25) is 4.79 Å². The molecular formula is C22H29N3O4S. The maximum atomic E-state index is 13.6. The van der Waals surface area contributed by atoms with Gasteiger partial charge in [0, 0.05) is 32.3 Å². The van der Waals surface area contributed by atoms with E-state index in [1.165, 1.54) is 0 Å². The lowest BCUT2D eigenvalue weighted by Gasteiger charge is -2.32. The number of rotatable bonds is 4. The fourth-order valence-electron chi connectivity index (χ4n) is 4.26. The van der Waals surface area contributed by atoms with Gasteiger partial charge in [-0.25, -0.2) is 8.42 Å². The molecule has 1 aromatic heterocycles. The molecule has 30 heavy (non-hydrogen) atoms. The summed E-state index contributed by atoms with van der Waals surface area (Å²) in [5.74, 6) is 0.729. The van der Waals surface area contributed by atoms with Gasteiger partial charge in [0.25, 0.3) is 5.91 Å². The number of hydrogen-bond donors (Lipinski definition) is 1.